The minimum absolute atomic E-state index is 0.0400. The van der Waals surface area contributed by atoms with Crippen LogP contribution in [0.5, 0.6) is 0 Å². The third-order valence-electron chi connectivity index (χ3n) is 5.23. The number of hydrogen-bond acceptors (Lipinski definition) is 4. The van der Waals surface area contributed by atoms with E-state index in [2.05, 4.69) is 27.6 Å². The van der Waals surface area contributed by atoms with E-state index in [0.29, 0.717) is 11.7 Å². The van der Waals surface area contributed by atoms with Gasteiger partial charge in [0.25, 0.3) is 0 Å². The van der Waals surface area contributed by atoms with Gasteiger partial charge >= 0.3 is 5.69 Å². The molecule has 4 rings (SSSR count). The van der Waals surface area contributed by atoms with Gasteiger partial charge in [-0.2, -0.15) is 0 Å². The first-order valence-corrected chi connectivity index (χ1v) is 10.9. The van der Waals surface area contributed by atoms with Gasteiger partial charge < -0.3 is 5.32 Å². The van der Waals surface area contributed by atoms with Gasteiger partial charge in [-0.3, -0.25) is 9.36 Å². The van der Waals surface area contributed by atoms with E-state index < -0.39 is 0 Å². The van der Waals surface area contributed by atoms with Gasteiger partial charge in [-0.25, -0.2) is 9.89 Å². The van der Waals surface area contributed by atoms with Gasteiger partial charge in [0, 0.05) is 6.54 Å². The molecule has 2 aromatic carbocycles. The van der Waals surface area contributed by atoms with Crippen molar-refractivity contribution >= 4 is 17.7 Å². The fraction of sp³-hybridized carbons (Fsp3) is 0.318. The summed E-state index contributed by atoms with van der Waals surface area (Å²) in [5.41, 5.74) is 3.45. The van der Waals surface area contributed by atoms with E-state index in [-0.39, 0.29) is 23.4 Å². The number of aryl methyl sites for hydroxylation is 2. The molecule has 1 atom stereocenters. The molecule has 0 aliphatic heterocycles. The Morgan fingerprint density at radius 1 is 1.17 bits per heavy atom. The number of aromatic nitrogens is 3. The number of nitrogens with one attached hydrogen (secondary N) is 2. The van der Waals surface area contributed by atoms with Crippen LogP contribution >= 0.6 is 11.8 Å². The molecule has 0 bridgehead atoms. The first kappa shape index (κ1) is 19.5. The molecule has 0 saturated heterocycles. The Kier molecular flexibility index (Phi) is 6.14. The van der Waals surface area contributed by atoms with E-state index in [1.54, 1.807) is 4.57 Å². The van der Waals surface area contributed by atoms with Crippen molar-refractivity contribution in [3.8, 4) is 0 Å². The van der Waals surface area contributed by atoms with Gasteiger partial charge in [0.15, 0.2) is 5.16 Å². The number of rotatable bonds is 7. The molecule has 6 nitrogen and oxygen atoms in total. The van der Waals surface area contributed by atoms with Crippen molar-refractivity contribution in [2.45, 2.75) is 43.4 Å². The Hall–Kier alpha value is -2.80. The summed E-state index contributed by atoms with van der Waals surface area (Å²) >= 11 is 1.29. The normalized spacial score (nSPS) is 15.7. The van der Waals surface area contributed by atoms with Gasteiger partial charge in [-0.1, -0.05) is 66.4 Å². The van der Waals surface area contributed by atoms with Crippen LogP contribution in [0.1, 0.15) is 35.6 Å². The average Bonchev–Trinajstić information content (AvgIpc) is 3.11. The molecule has 1 aliphatic carbocycles. The molecule has 0 radical (unpaired) electrons. The lowest BCUT2D eigenvalue weighted by Crippen LogP contribution is -2.32. The van der Waals surface area contributed by atoms with Crippen LogP contribution in [0.25, 0.3) is 0 Å². The number of nitrogens with zero attached hydrogens (tertiary/aromatic N) is 2. The molecular weight excluding hydrogens is 384 g/mol. The van der Waals surface area contributed by atoms with Crippen molar-refractivity contribution in [3.63, 3.8) is 0 Å². The second-order valence-electron chi connectivity index (χ2n) is 7.20. The fourth-order valence-electron chi connectivity index (χ4n) is 3.77. The highest BCUT2D eigenvalue weighted by Crippen LogP contribution is 2.29. The van der Waals surface area contributed by atoms with Crippen molar-refractivity contribution < 1.29 is 4.79 Å². The van der Waals surface area contributed by atoms with Crippen molar-refractivity contribution in [2.75, 3.05) is 5.75 Å². The van der Waals surface area contributed by atoms with Crippen molar-refractivity contribution in [1.29, 1.82) is 0 Å². The predicted molar refractivity (Wildman–Crippen MR) is 114 cm³/mol. The third-order valence-corrected chi connectivity index (χ3v) is 6.20. The summed E-state index contributed by atoms with van der Waals surface area (Å²) in [5, 5.41) is 10.3. The molecule has 29 heavy (non-hydrogen) atoms. The Labute approximate surface area is 173 Å². The van der Waals surface area contributed by atoms with Gasteiger partial charge in [-0.05, 0) is 42.4 Å². The number of aromatic amines is 1. The van der Waals surface area contributed by atoms with Crippen molar-refractivity contribution in [3.05, 3.63) is 81.8 Å². The van der Waals surface area contributed by atoms with E-state index in [0.717, 1.165) is 31.2 Å². The SMILES string of the molecule is O=C(CSc1n[nH]c(=O)n1CCc1ccccc1)N[C@@H]1CCCc2ccccc21. The van der Waals surface area contributed by atoms with Crippen molar-refractivity contribution in [2.24, 2.45) is 0 Å². The van der Waals surface area contributed by atoms with Crippen LogP contribution in [-0.4, -0.2) is 26.4 Å². The molecule has 1 amide bonds. The summed E-state index contributed by atoms with van der Waals surface area (Å²) in [5.74, 6) is 0.190. The van der Waals surface area contributed by atoms with Crippen LogP contribution < -0.4 is 11.0 Å². The van der Waals surface area contributed by atoms with Crippen LogP contribution in [0.2, 0.25) is 0 Å². The Balaban J connectivity index is 1.35. The van der Waals surface area contributed by atoms with Crippen LogP contribution in [0, 0.1) is 0 Å². The Bertz CT molecular complexity index is 1030. The standard InChI is InChI=1S/C22H24N4O2S/c27-20(23-19-12-6-10-17-9-4-5-11-18(17)19)15-29-22-25-24-21(28)26(22)14-13-16-7-2-1-3-8-16/h1-5,7-9,11,19H,6,10,12-15H2,(H,23,27)(H,24,28)/t19-/m1/s1. The smallest absolute Gasteiger partial charge is 0.343 e. The summed E-state index contributed by atoms with van der Waals surface area (Å²) in [6.45, 7) is 0.527. The number of carbonyl (C=O) groups is 1. The van der Waals surface area contributed by atoms with Gasteiger partial charge in [0.1, 0.15) is 0 Å². The summed E-state index contributed by atoms with van der Waals surface area (Å²) in [4.78, 5) is 24.6. The molecule has 1 aliphatic rings. The average molecular weight is 409 g/mol. The Morgan fingerprint density at radius 2 is 1.97 bits per heavy atom. The molecule has 1 aromatic heterocycles. The van der Waals surface area contributed by atoms with Gasteiger partial charge in [-0.15, -0.1) is 5.10 Å². The first-order chi connectivity index (χ1) is 14.2. The van der Waals surface area contributed by atoms with Gasteiger partial charge in [0.05, 0.1) is 11.8 Å². The zero-order chi connectivity index (χ0) is 20.1. The minimum atomic E-state index is -0.245. The molecule has 150 valence electrons. The molecule has 7 heteroatoms. The molecule has 3 aromatic rings. The van der Waals surface area contributed by atoms with Crippen LogP contribution in [0.4, 0.5) is 0 Å². The fourth-order valence-corrected chi connectivity index (χ4v) is 4.55. The number of benzene rings is 2. The summed E-state index contributed by atoms with van der Waals surface area (Å²) < 4.78 is 1.60. The molecular formula is C22H24N4O2S. The lowest BCUT2D eigenvalue weighted by atomic mass is 9.88. The van der Waals surface area contributed by atoms with Crippen LogP contribution in [0.3, 0.4) is 0 Å². The quantitative estimate of drug-likeness (QED) is 0.589. The summed E-state index contributed by atoms with van der Waals surface area (Å²) in [6.07, 6.45) is 3.84. The largest absolute Gasteiger partial charge is 0.349 e. The molecule has 0 saturated carbocycles. The summed E-state index contributed by atoms with van der Waals surface area (Å²) in [7, 11) is 0. The Morgan fingerprint density at radius 3 is 2.83 bits per heavy atom. The van der Waals surface area contributed by atoms with E-state index in [1.165, 1.54) is 22.9 Å². The van der Waals surface area contributed by atoms with E-state index >= 15 is 0 Å². The lowest BCUT2D eigenvalue weighted by molar-refractivity contribution is -0.119. The molecule has 2 N–H and O–H groups in total. The van der Waals surface area contributed by atoms with E-state index in [4.69, 9.17) is 0 Å². The highest BCUT2D eigenvalue weighted by Gasteiger charge is 2.21. The van der Waals surface area contributed by atoms with Crippen molar-refractivity contribution in [1.82, 2.24) is 20.1 Å². The minimum Gasteiger partial charge on any atom is -0.349 e. The zero-order valence-corrected chi connectivity index (χ0v) is 17.0. The van der Waals surface area contributed by atoms with Gasteiger partial charge in [0.2, 0.25) is 5.91 Å². The second-order valence-corrected chi connectivity index (χ2v) is 8.14. The maximum Gasteiger partial charge on any atom is 0.343 e. The summed E-state index contributed by atoms with van der Waals surface area (Å²) in [6, 6.07) is 18.4. The number of hydrogen-bond donors (Lipinski definition) is 2. The highest BCUT2D eigenvalue weighted by atomic mass is 32.2. The third kappa shape index (κ3) is 4.79. The maximum atomic E-state index is 12.5. The topological polar surface area (TPSA) is 79.8 Å². The number of thioether (sulfide) groups is 1. The van der Waals surface area contributed by atoms with Crippen LogP contribution in [0.15, 0.2) is 64.5 Å². The monoisotopic (exact) mass is 408 g/mol. The van der Waals surface area contributed by atoms with Crippen LogP contribution in [-0.2, 0) is 24.2 Å². The van der Waals surface area contributed by atoms with E-state index in [9.17, 15) is 9.59 Å². The predicted octanol–water partition coefficient (Wildman–Crippen LogP) is 3.10. The number of carbonyl (C=O) groups excluding carboxylic acids is 1. The first-order valence-electron chi connectivity index (χ1n) is 9.90. The lowest BCUT2D eigenvalue weighted by Gasteiger charge is -2.26. The molecule has 1 heterocycles. The highest BCUT2D eigenvalue weighted by molar-refractivity contribution is 7.99. The number of amides is 1. The zero-order valence-electron chi connectivity index (χ0n) is 16.1. The second kappa shape index (κ2) is 9.13. The molecule has 0 unspecified atom stereocenters. The maximum absolute atomic E-state index is 12.5. The van der Waals surface area contributed by atoms with E-state index in [1.807, 2.05) is 42.5 Å². The number of fused-ring (bicyclic) bond motifs is 1. The number of H-pyrrole nitrogens is 1. The molecule has 0 fully saturated rings. The molecule has 0 spiro atoms.